The van der Waals surface area contributed by atoms with Crippen LogP contribution in [0.1, 0.15) is 16.7 Å². The third-order valence-electron chi connectivity index (χ3n) is 2.81. The molecule has 21 heavy (non-hydrogen) atoms. The molecule has 2 aromatic rings. The van der Waals surface area contributed by atoms with Crippen molar-refractivity contribution < 1.29 is 22.3 Å². The van der Waals surface area contributed by atoms with Gasteiger partial charge in [0.05, 0.1) is 5.56 Å². The third-order valence-corrected chi connectivity index (χ3v) is 3.46. The van der Waals surface area contributed by atoms with E-state index in [1.54, 1.807) is 6.07 Å². The largest absolute Gasteiger partial charge is 0.488 e. The van der Waals surface area contributed by atoms with Crippen LogP contribution < -0.4 is 4.74 Å². The average molecular weight is 363 g/mol. The normalized spacial score (nSPS) is 11.5. The summed E-state index contributed by atoms with van der Waals surface area (Å²) in [6, 6.07) is 9.31. The van der Waals surface area contributed by atoms with E-state index in [4.69, 9.17) is 4.74 Å². The Morgan fingerprint density at radius 2 is 1.57 bits per heavy atom. The van der Waals surface area contributed by atoms with E-state index >= 15 is 0 Å². The molecule has 0 aliphatic rings. The number of rotatable bonds is 4. The Hall–Kier alpha value is -1.56. The maximum absolute atomic E-state index is 13.0. The van der Waals surface area contributed by atoms with Crippen molar-refractivity contribution in [3.63, 3.8) is 0 Å². The van der Waals surface area contributed by atoms with Crippen LogP contribution in [0.2, 0.25) is 0 Å². The van der Waals surface area contributed by atoms with Gasteiger partial charge in [-0.25, -0.2) is 4.39 Å². The number of benzene rings is 2. The molecule has 0 bridgehead atoms. The molecule has 0 aromatic heterocycles. The smallest absolute Gasteiger partial charge is 0.419 e. The van der Waals surface area contributed by atoms with E-state index in [0.29, 0.717) is 16.5 Å². The van der Waals surface area contributed by atoms with Crippen molar-refractivity contribution in [3.8, 4) is 5.75 Å². The van der Waals surface area contributed by atoms with Gasteiger partial charge in [0, 0.05) is 5.33 Å². The van der Waals surface area contributed by atoms with Gasteiger partial charge >= 0.3 is 6.18 Å². The predicted molar refractivity (Wildman–Crippen MR) is 74.8 cm³/mol. The Morgan fingerprint density at radius 1 is 0.952 bits per heavy atom. The van der Waals surface area contributed by atoms with Gasteiger partial charge in [0.1, 0.15) is 18.2 Å². The van der Waals surface area contributed by atoms with E-state index in [2.05, 4.69) is 15.9 Å². The van der Waals surface area contributed by atoms with Crippen LogP contribution in [0, 0.1) is 5.82 Å². The average Bonchev–Trinajstić information content (AvgIpc) is 2.45. The number of halogens is 5. The van der Waals surface area contributed by atoms with Crippen LogP contribution in [0.5, 0.6) is 5.75 Å². The first-order valence-electron chi connectivity index (χ1n) is 6.03. The van der Waals surface area contributed by atoms with Crippen LogP contribution in [0.15, 0.2) is 42.5 Å². The summed E-state index contributed by atoms with van der Waals surface area (Å²) in [4.78, 5) is 0. The molecule has 0 fully saturated rings. The summed E-state index contributed by atoms with van der Waals surface area (Å²) in [5, 5.41) is 0.328. The van der Waals surface area contributed by atoms with E-state index in [-0.39, 0.29) is 12.4 Å². The van der Waals surface area contributed by atoms with Crippen LogP contribution in [0.25, 0.3) is 0 Å². The van der Waals surface area contributed by atoms with Crippen LogP contribution >= 0.6 is 15.9 Å². The van der Waals surface area contributed by atoms with Gasteiger partial charge in [-0.05, 0) is 35.4 Å². The van der Waals surface area contributed by atoms with E-state index in [1.165, 1.54) is 30.3 Å². The number of ether oxygens (including phenoxy) is 1. The van der Waals surface area contributed by atoms with Gasteiger partial charge in [0.25, 0.3) is 0 Å². The lowest BCUT2D eigenvalue weighted by Crippen LogP contribution is -2.09. The molecule has 0 saturated carbocycles. The highest BCUT2D eigenvalue weighted by atomic mass is 79.9. The van der Waals surface area contributed by atoms with Crippen molar-refractivity contribution in [2.45, 2.75) is 18.1 Å². The summed E-state index contributed by atoms with van der Waals surface area (Å²) in [6.07, 6.45) is -4.49. The molecule has 6 heteroatoms. The number of alkyl halides is 4. The summed E-state index contributed by atoms with van der Waals surface area (Å²) < 4.78 is 57.0. The molecule has 0 radical (unpaired) electrons. The van der Waals surface area contributed by atoms with Gasteiger partial charge in [-0.15, -0.1) is 0 Å². The first kappa shape index (κ1) is 15.8. The van der Waals surface area contributed by atoms with Gasteiger partial charge in [0.15, 0.2) is 0 Å². The third kappa shape index (κ3) is 4.20. The molecule has 0 atom stereocenters. The molecule has 0 saturated heterocycles. The van der Waals surface area contributed by atoms with Gasteiger partial charge in [-0.2, -0.15) is 13.2 Å². The van der Waals surface area contributed by atoms with Crippen LogP contribution in [0.3, 0.4) is 0 Å². The van der Waals surface area contributed by atoms with Gasteiger partial charge < -0.3 is 4.74 Å². The minimum Gasteiger partial charge on any atom is -0.488 e. The van der Waals surface area contributed by atoms with Crippen molar-refractivity contribution >= 4 is 15.9 Å². The fraction of sp³-hybridized carbons (Fsp3) is 0.200. The standard InChI is InChI=1S/C15H11BrF4O/c16-8-11-3-6-14(13(7-11)15(18,19)20)21-9-10-1-4-12(17)5-2-10/h1-7H,8-9H2. The molecular formula is C15H11BrF4O. The molecule has 112 valence electrons. The van der Waals surface area contributed by atoms with E-state index in [0.717, 1.165) is 6.07 Å². The molecule has 0 aliphatic heterocycles. The molecule has 2 rings (SSSR count). The maximum Gasteiger partial charge on any atom is 0.419 e. The Kier molecular flexibility index (Phi) is 4.88. The molecule has 0 aliphatic carbocycles. The van der Waals surface area contributed by atoms with E-state index in [1.807, 2.05) is 0 Å². The lowest BCUT2D eigenvalue weighted by atomic mass is 10.1. The fourth-order valence-electron chi connectivity index (χ4n) is 1.75. The molecule has 0 amide bonds. The number of hydrogen-bond donors (Lipinski definition) is 0. The lowest BCUT2D eigenvalue weighted by Gasteiger charge is -2.15. The zero-order valence-electron chi connectivity index (χ0n) is 10.8. The molecular weight excluding hydrogens is 352 g/mol. The summed E-state index contributed by atoms with van der Waals surface area (Å²) >= 11 is 3.12. The fourth-order valence-corrected chi connectivity index (χ4v) is 2.10. The van der Waals surface area contributed by atoms with E-state index < -0.39 is 17.6 Å². The van der Waals surface area contributed by atoms with Crippen molar-refractivity contribution in [1.29, 1.82) is 0 Å². The molecule has 0 spiro atoms. The molecule has 0 unspecified atom stereocenters. The zero-order chi connectivity index (χ0) is 15.5. The second-order valence-corrected chi connectivity index (χ2v) is 4.94. The van der Waals surface area contributed by atoms with Gasteiger partial charge in [-0.3, -0.25) is 0 Å². The highest BCUT2D eigenvalue weighted by Crippen LogP contribution is 2.37. The second-order valence-electron chi connectivity index (χ2n) is 4.38. The highest BCUT2D eigenvalue weighted by molar-refractivity contribution is 9.08. The molecule has 1 nitrogen and oxygen atoms in total. The van der Waals surface area contributed by atoms with Crippen molar-refractivity contribution in [2.75, 3.05) is 0 Å². The van der Waals surface area contributed by atoms with Crippen molar-refractivity contribution in [1.82, 2.24) is 0 Å². The summed E-state index contributed by atoms with van der Waals surface area (Å²) in [5.74, 6) is -0.645. The first-order chi connectivity index (χ1) is 9.90. The first-order valence-corrected chi connectivity index (χ1v) is 7.15. The Balaban J connectivity index is 2.21. The summed E-state index contributed by atoms with van der Waals surface area (Å²) in [7, 11) is 0. The minimum atomic E-state index is -4.49. The molecule has 0 N–H and O–H groups in total. The highest BCUT2D eigenvalue weighted by Gasteiger charge is 2.34. The van der Waals surface area contributed by atoms with Crippen LogP contribution in [-0.2, 0) is 18.1 Å². The Labute approximate surface area is 127 Å². The van der Waals surface area contributed by atoms with Crippen molar-refractivity contribution in [3.05, 3.63) is 65.0 Å². The van der Waals surface area contributed by atoms with Gasteiger partial charge in [-0.1, -0.05) is 34.1 Å². The predicted octanol–water partition coefficient (Wildman–Crippen LogP) is 5.32. The van der Waals surface area contributed by atoms with E-state index in [9.17, 15) is 17.6 Å². The summed E-state index contributed by atoms with van der Waals surface area (Å²) in [5.41, 5.74) is 0.284. The lowest BCUT2D eigenvalue weighted by molar-refractivity contribution is -0.139. The molecule has 0 heterocycles. The van der Waals surface area contributed by atoms with Crippen LogP contribution in [-0.4, -0.2) is 0 Å². The topological polar surface area (TPSA) is 9.23 Å². The molecule has 2 aromatic carbocycles. The monoisotopic (exact) mass is 362 g/mol. The van der Waals surface area contributed by atoms with Gasteiger partial charge in [0.2, 0.25) is 0 Å². The van der Waals surface area contributed by atoms with Crippen molar-refractivity contribution in [2.24, 2.45) is 0 Å². The maximum atomic E-state index is 13.0. The van der Waals surface area contributed by atoms with Crippen LogP contribution in [0.4, 0.5) is 17.6 Å². The Bertz CT molecular complexity index is 608. The quantitative estimate of drug-likeness (QED) is 0.528. The number of hydrogen-bond acceptors (Lipinski definition) is 1. The SMILES string of the molecule is Fc1ccc(COc2ccc(CBr)cc2C(F)(F)F)cc1. The Morgan fingerprint density at radius 3 is 2.14 bits per heavy atom. The minimum absolute atomic E-state index is 0.0585. The summed E-state index contributed by atoms with van der Waals surface area (Å²) in [6.45, 7) is -0.0585. The second kappa shape index (κ2) is 6.47. The zero-order valence-corrected chi connectivity index (χ0v) is 12.3.